The van der Waals surface area contributed by atoms with Gasteiger partial charge < -0.3 is 20.0 Å². The van der Waals surface area contributed by atoms with Crippen LogP contribution in [0, 0.1) is 10.1 Å². The Hall–Kier alpha value is -4.57. The predicted molar refractivity (Wildman–Crippen MR) is 139 cm³/mol. The molecule has 9 nitrogen and oxygen atoms in total. The SMILES string of the molecule is CC(=O)Nc1ccc(N2C(=S)NC(c3ccccn3)C2c2ccc(-c3cccc([N+](=O)[O-])c3)o2)cc1. The summed E-state index contributed by atoms with van der Waals surface area (Å²) in [7, 11) is 0. The van der Waals surface area contributed by atoms with Crippen molar-refractivity contribution in [3.63, 3.8) is 0 Å². The van der Waals surface area contributed by atoms with Crippen LogP contribution in [0.4, 0.5) is 17.1 Å². The van der Waals surface area contributed by atoms with Crippen LogP contribution >= 0.6 is 12.2 Å². The lowest BCUT2D eigenvalue weighted by Gasteiger charge is -2.26. The van der Waals surface area contributed by atoms with Gasteiger partial charge in [0.05, 0.1) is 16.7 Å². The number of nitro benzene ring substituents is 1. The van der Waals surface area contributed by atoms with E-state index in [2.05, 4.69) is 15.6 Å². The van der Waals surface area contributed by atoms with Gasteiger partial charge in [-0.25, -0.2) is 0 Å². The molecule has 2 aromatic carbocycles. The van der Waals surface area contributed by atoms with E-state index in [4.69, 9.17) is 16.6 Å². The quantitative estimate of drug-likeness (QED) is 0.206. The van der Waals surface area contributed by atoms with Gasteiger partial charge in [0.2, 0.25) is 5.91 Å². The molecule has 0 bridgehead atoms. The summed E-state index contributed by atoms with van der Waals surface area (Å²) in [6, 6.07) is 22.3. The fourth-order valence-electron chi connectivity index (χ4n) is 4.27. The van der Waals surface area contributed by atoms with Crippen molar-refractivity contribution in [3.05, 3.63) is 107 Å². The van der Waals surface area contributed by atoms with Crippen LogP contribution in [0.25, 0.3) is 11.3 Å². The average molecular weight is 500 g/mol. The number of pyridine rings is 1. The Bertz CT molecular complexity index is 1440. The predicted octanol–water partition coefficient (Wildman–Crippen LogP) is 5.39. The van der Waals surface area contributed by atoms with E-state index in [0.29, 0.717) is 27.9 Å². The highest BCUT2D eigenvalue weighted by Crippen LogP contribution is 2.43. The number of nitrogens with zero attached hydrogens (tertiary/aromatic N) is 3. The second-order valence-electron chi connectivity index (χ2n) is 8.23. The number of nitro groups is 1. The van der Waals surface area contributed by atoms with E-state index in [-0.39, 0.29) is 23.7 Å². The minimum atomic E-state index is -0.434. The number of furan rings is 1. The molecule has 2 atom stereocenters. The Balaban J connectivity index is 1.55. The van der Waals surface area contributed by atoms with Gasteiger partial charge in [0.1, 0.15) is 17.6 Å². The van der Waals surface area contributed by atoms with E-state index in [1.54, 1.807) is 36.5 Å². The van der Waals surface area contributed by atoms with E-state index in [1.165, 1.54) is 19.1 Å². The van der Waals surface area contributed by atoms with E-state index in [0.717, 1.165) is 11.4 Å². The van der Waals surface area contributed by atoms with Gasteiger partial charge in [-0.3, -0.25) is 19.9 Å². The maximum Gasteiger partial charge on any atom is 0.270 e. The lowest BCUT2D eigenvalue weighted by Crippen LogP contribution is -2.29. The molecule has 4 aromatic rings. The Morgan fingerprint density at radius 2 is 1.92 bits per heavy atom. The van der Waals surface area contributed by atoms with Gasteiger partial charge in [0.15, 0.2) is 5.11 Å². The summed E-state index contributed by atoms with van der Waals surface area (Å²) in [5.41, 5.74) is 2.85. The van der Waals surface area contributed by atoms with Gasteiger partial charge in [-0.2, -0.15) is 0 Å². The molecule has 180 valence electrons. The van der Waals surface area contributed by atoms with Crippen LogP contribution in [0.3, 0.4) is 0 Å². The Labute approximate surface area is 211 Å². The molecule has 2 N–H and O–H groups in total. The summed E-state index contributed by atoms with van der Waals surface area (Å²) in [4.78, 5) is 28.7. The minimum absolute atomic E-state index is 0.0126. The minimum Gasteiger partial charge on any atom is -0.459 e. The second kappa shape index (κ2) is 9.59. The fourth-order valence-corrected chi connectivity index (χ4v) is 4.62. The number of thiocarbonyl (C=S) groups is 1. The first kappa shape index (κ1) is 23.2. The monoisotopic (exact) mass is 499 g/mol. The van der Waals surface area contributed by atoms with Gasteiger partial charge >= 0.3 is 0 Å². The van der Waals surface area contributed by atoms with Crippen LogP contribution in [0.5, 0.6) is 0 Å². The number of carbonyl (C=O) groups is 1. The van der Waals surface area contributed by atoms with Gasteiger partial charge in [-0.15, -0.1) is 0 Å². The van der Waals surface area contributed by atoms with Crippen molar-refractivity contribution >= 4 is 40.3 Å². The van der Waals surface area contributed by atoms with Gasteiger partial charge in [0, 0.05) is 42.2 Å². The summed E-state index contributed by atoms with van der Waals surface area (Å²) in [6.07, 6.45) is 1.72. The standard InChI is InChI=1S/C26H21N5O4S/c1-16(32)28-18-8-10-19(11-9-18)30-25(24(29-26(30)36)21-7-2-3-14-27-21)23-13-12-22(35-23)17-5-4-6-20(15-17)31(33)34/h2-15,24-25H,1H3,(H,28,32)(H,29,36). The molecular formula is C26H21N5O4S. The lowest BCUT2D eigenvalue weighted by atomic mass is 10.0. The van der Waals surface area contributed by atoms with Gasteiger partial charge in [-0.1, -0.05) is 18.2 Å². The molecule has 1 saturated heterocycles. The molecule has 0 aliphatic carbocycles. The fraction of sp³-hybridized carbons (Fsp3) is 0.115. The van der Waals surface area contributed by atoms with Crippen LogP contribution < -0.4 is 15.5 Å². The number of carbonyl (C=O) groups excluding carboxylic acids is 1. The zero-order valence-electron chi connectivity index (χ0n) is 19.1. The van der Waals surface area contributed by atoms with Crippen molar-refractivity contribution in [2.24, 2.45) is 0 Å². The number of hydrogen-bond donors (Lipinski definition) is 2. The van der Waals surface area contributed by atoms with Gasteiger partial charge in [0.25, 0.3) is 5.69 Å². The number of hydrogen-bond acceptors (Lipinski definition) is 6. The molecule has 3 heterocycles. The first-order valence-corrected chi connectivity index (χ1v) is 11.5. The maximum absolute atomic E-state index is 11.4. The van der Waals surface area contributed by atoms with Crippen LogP contribution in [-0.2, 0) is 4.79 Å². The number of rotatable bonds is 6. The zero-order chi connectivity index (χ0) is 25.2. The Morgan fingerprint density at radius 3 is 2.61 bits per heavy atom. The third kappa shape index (κ3) is 4.53. The molecule has 2 aromatic heterocycles. The highest BCUT2D eigenvalue weighted by Gasteiger charge is 2.42. The van der Waals surface area contributed by atoms with Crippen molar-refractivity contribution in [2.45, 2.75) is 19.0 Å². The van der Waals surface area contributed by atoms with Crippen molar-refractivity contribution in [1.82, 2.24) is 10.3 Å². The van der Waals surface area contributed by atoms with E-state index in [9.17, 15) is 14.9 Å². The van der Waals surface area contributed by atoms with E-state index >= 15 is 0 Å². The van der Waals surface area contributed by atoms with Crippen molar-refractivity contribution in [3.8, 4) is 11.3 Å². The summed E-state index contributed by atoms with van der Waals surface area (Å²) in [5, 5.41) is 17.9. The summed E-state index contributed by atoms with van der Waals surface area (Å²) in [6.45, 7) is 1.46. The number of non-ortho nitro benzene ring substituents is 1. The van der Waals surface area contributed by atoms with Crippen LogP contribution in [0.2, 0.25) is 0 Å². The first-order valence-electron chi connectivity index (χ1n) is 11.1. The van der Waals surface area contributed by atoms with Crippen LogP contribution in [-0.4, -0.2) is 20.9 Å². The van der Waals surface area contributed by atoms with Crippen LogP contribution in [0.1, 0.15) is 30.5 Å². The molecular weight excluding hydrogens is 478 g/mol. The summed E-state index contributed by atoms with van der Waals surface area (Å²) >= 11 is 5.73. The number of amides is 1. The van der Waals surface area contributed by atoms with Gasteiger partial charge in [-0.05, 0) is 60.7 Å². The van der Waals surface area contributed by atoms with E-state index < -0.39 is 4.92 Å². The average Bonchev–Trinajstić information content (AvgIpc) is 3.49. The topological polar surface area (TPSA) is 114 Å². The molecule has 36 heavy (non-hydrogen) atoms. The van der Waals surface area contributed by atoms with Crippen molar-refractivity contribution in [2.75, 3.05) is 10.2 Å². The molecule has 0 spiro atoms. The normalized spacial score (nSPS) is 17.0. The molecule has 0 saturated carbocycles. The molecule has 1 fully saturated rings. The molecule has 1 aliphatic rings. The van der Waals surface area contributed by atoms with Crippen molar-refractivity contribution in [1.29, 1.82) is 0 Å². The second-order valence-corrected chi connectivity index (χ2v) is 8.62. The highest BCUT2D eigenvalue weighted by molar-refractivity contribution is 7.80. The summed E-state index contributed by atoms with van der Waals surface area (Å²) < 4.78 is 6.27. The number of benzene rings is 2. The first-order chi connectivity index (χ1) is 17.4. The van der Waals surface area contributed by atoms with Crippen LogP contribution in [0.15, 0.2) is 89.5 Å². The van der Waals surface area contributed by atoms with Crippen molar-refractivity contribution < 1.29 is 14.1 Å². The molecule has 5 rings (SSSR count). The highest BCUT2D eigenvalue weighted by atomic mass is 32.1. The molecule has 2 unspecified atom stereocenters. The smallest absolute Gasteiger partial charge is 0.270 e. The number of nitrogens with one attached hydrogen (secondary N) is 2. The number of aromatic nitrogens is 1. The molecule has 0 radical (unpaired) electrons. The third-order valence-corrected chi connectivity index (χ3v) is 6.14. The Kier molecular flexibility index (Phi) is 6.17. The molecule has 1 amide bonds. The zero-order valence-corrected chi connectivity index (χ0v) is 19.9. The van der Waals surface area contributed by atoms with E-state index in [1.807, 2.05) is 41.3 Å². The molecule has 10 heteroatoms. The molecule has 1 aliphatic heterocycles. The maximum atomic E-state index is 11.4. The largest absolute Gasteiger partial charge is 0.459 e. The summed E-state index contributed by atoms with van der Waals surface area (Å²) in [5.74, 6) is 0.969. The Morgan fingerprint density at radius 1 is 1.11 bits per heavy atom. The third-order valence-electron chi connectivity index (χ3n) is 5.82. The number of anilines is 2. The lowest BCUT2D eigenvalue weighted by molar-refractivity contribution is -0.384.